The maximum absolute atomic E-state index is 13.7. The minimum Gasteiger partial charge on any atom is -0.492 e. The Kier molecular flexibility index (Phi) is 6.54. The summed E-state index contributed by atoms with van der Waals surface area (Å²) < 4.78 is 18.4. The summed E-state index contributed by atoms with van der Waals surface area (Å²) >= 11 is 0. The molecule has 35 heavy (non-hydrogen) atoms. The van der Waals surface area contributed by atoms with E-state index in [4.69, 9.17) is 14.2 Å². The molecule has 0 spiro atoms. The van der Waals surface area contributed by atoms with Crippen molar-refractivity contribution >= 4 is 28.4 Å². The Labute approximate surface area is 204 Å². The van der Waals surface area contributed by atoms with Crippen LogP contribution in [0.2, 0.25) is 0 Å². The van der Waals surface area contributed by atoms with Crippen LogP contribution in [0.15, 0.2) is 84.3 Å². The van der Waals surface area contributed by atoms with Crippen molar-refractivity contribution in [1.29, 1.82) is 0 Å². The molecule has 0 aliphatic heterocycles. The Balaban J connectivity index is 2.07. The number of carbonyl (C=O) groups excluding carboxylic acids is 2. The minimum atomic E-state index is -1.67. The van der Waals surface area contributed by atoms with Gasteiger partial charge in [-0.25, -0.2) is 9.59 Å². The van der Waals surface area contributed by atoms with E-state index in [0.717, 1.165) is 16.5 Å². The number of benzene rings is 2. The number of hydrogen-bond acceptors (Lipinski definition) is 6. The minimum absolute atomic E-state index is 0.0146. The van der Waals surface area contributed by atoms with Crippen molar-refractivity contribution < 1.29 is 28.9 Å². The molecule has 3 aromatic rings. The lowest BCUT2D eigenvalue weighted by atomic mass is 9.91. The maximum atomic E-state index is 13.7. The van der Waals surface area contributed by atoms with Crippen molar-refractivity contribution in [3.8, 4) is 0 Å². The highest BCUT2D eigenvalue weighted by molar-refractivity contribution is 6.09. The summed E-state index contributed by atoms with van der Waals surface area (Å²) in [6.45, 7) is 3.67. The fraction of sp³-hybridized carbons (Fsp3) is 0.286. The van der Waals surface area contributed by atoms with Gasteiger partial charge in [0.15, 0.2) is 5.54 Å². The SMILES string of the molecule is COC(=O)C1=C(OCC(C)(C)CO)C(c2ccccc2)=CC1(C(=O)OC)n1ccc2ccccc21. The number of rotatable bonds is 8. The molecule has 7 heteroatoms. The van der Waals surface area contributed by atoms with Gasteiger partial charge in [0.1, 0.15) is 11.3 Å². The van der Waals surface area contributed by atoms with Crippen LogP contribution in [0.5, 0.6) is 0 Å². The number of ether oxygens (including phenoxy) is 3. The third kappa shape index (κ3) is 4.12. The van der Waals surface area contributed by atoms with E-state index in [1.54, 1.807) is 16.8 Å². The monoisotopic (exact) mass is 475 g/mol. The number of carbonyl (C=O) groups is 2. The molecule has 1 unspecified atom stereocenters. The predicted molar refractivity (Wildman–Crippen MR) is 132 cm³/mol. The fourth-order valence-electron chi connectivity index (χ4n) is 4.30. The summed E-state index contributed by atoms with van der Waals surface area (Å²) in [5.41, 5.74) is -0.196. The molecule has 2 aromatic carbocycles. The summed E-state index contributed by atoms with van der Waals surface area (Å²) in [7, 11) is 2.55. The lowest BCUT2D eigenvalue weighted by molar-refractivity contribution is -0.150. The Morgan fingerprint density at radius 1 is 0.971 bits per heavy atom. The normalized spacial score (nSPS) is 17.9. The van der Waals surface area contributed by atoms with Gasteiger partial charge in [0.05, 0.1) is 27.4 Å². The highest BCUT2D eigenvalue weighted by atomic mass is 16.5. The topological polar surface area (TPSA) is 87.0 Å². The molecule has 4 rings (SSSR count). The smallest absolute Gasteiger partial charge is 0.341 e. The van der Waals surface area contributed by atoms with Crippen molar-refractivity contribution in [2.75, 3.05) is 27.4 Å². The van der Waals surface area contributed by atoms with E-state index in [0.29, 0.717) is 5.57 Å². The van der Waals surface area contributed by atoms with Gasteiger partial charge in [0, 0.05) is 22.7 Å². The number of fused-ring (bicyclic) bond motifs is 1. The van der Waals surface area contributed by atoms with Gasteiger partial charge >= 0.3 is 11.9 Å². The molecular weight excluding hydrogens is 446 g/mol. The molecule has 1 aromatic heterocycles. The third-order valence-electron chi connectivity index (χ3n) is 6.19. The van der Waals surface area contributed by atoms with Crippen LogP contribution in [0.4, 0.5) is 0 Å². The van der Waals surface area contributed by atoms with Gasteiger partial charge in [-0.15, -0.1) is 0 Å². The number of hydrogen-bond donors (Lipinski definition) is 1. The van der Waals surface area contributed by atoms with Gasteiger partial charge in [-0.2, -0.15) is 0 Å². The van der Waals surface area contributed by atoms with Crippen LogP contribution >= 0.6 is 0 Å². The molecule has 1 N–H and O–H groups in total. The van der Waals surface area contributed by atoms with Gasteiger partial charge in [0.2, 0.25) is 0 Å². The molecule has 0 saturated carbocycles. The molecule has 0 radical (unpaired) electrons. The number of methoxy groups -OCH3 is 2. The summed E-state index contributed by atoms with van der Waals surface area (Å²) in [5.74, 6) is -1.16. The first-order valence-electron chi connectivity index (χ1n) is 11.3. The van der Waals surface area contributed by atoms with Crippen molar-refractivity contribution in [3.05, 3.63) is 89.8 Å². The first kappa shape index (κ1) is 24.3. The molecule has 1 aliphatic carbocycles. The van der Waals surface area contributed by atoms with Gasteiger partial charge in [-0.05, 0) is 29.2 Å². The molecule has 0 saturated heterocycles. The molecule has 182 valence electrons. The van der Waals surface area contributed by atoms with E-state index in [-0.39, 0.29) is 24.5 Å². The number of aliphatic hydroxyl groups is 1. The highest BCUT2D eigenvalue weighted by Gasteiger charge is 2.54. The number of aromatic nitrogens is 1. The van der Waals surface area contributed by atoms with Crippen molar-refractivity contribution in [2.24, 2.45) is 5.41 Å². The zero-order valence-electron chi connectivity index (χ0n) is 20.3. The molecule has 0 fully saturated rings. The molecular formula is C28H29NO6. The van der Waals surface area contributed by atoms with Crippen LogP contribution in [-0.2, 0) is 29.3 Å². The molecule has 0 bridgehead atoms. The molecule has 1 aliphatic rings. The quantitative estimate of drug-likeness (QED) is 0.495. The van der Waals surface area contributed by atoms with Crippen molar-refractivity contribution in [2.45, 2.75) is 19.4 Å². The molecule has 7 nitrogen and oxygen atoms in total. The average molecular weight is 476 g/mol. The van der Waals surface area contributed by atoms with Crippen molar-refractivity contribution in [1.82, 2.24) is 4.57 Å². The number of aliphatic hydroxyl groups excluding tert-OH is 1. The number of esters is 2. The number of allylic oxidation sites excluding steroid dienone is 1. The molecule has 1 heterocycles. The second-order valence-corrected chi connectivity index (χ2v) is 9.23. The zero-order valence-corrected chi connectivity index (χ0v) is 20.3. The lowest BCUT2D eigenvalue weighted by Crippen LogP contribution is -2.44. The summed E-state index contributed by atoms with van der Waals surface area (Å²) in [5, 5.41) is 10.7. The fourth-order valence-corrected chi connectivity index (χ4v) is 4.30. The highest BCUT2D eigenvalue weighted by Crippen LogP contribution is 2.47. The summed E-state index contributed by atoms with van der Waals surface area (Å²) in [6, 6.07) is 18.8. The van der Waals surface area contributed by atoms with E-state index < -0.39 is 22.9 Å². The van der Waals surface area contributed by atoms with E-state index in [1.165, 1.54) is 14.2 Å². The standard InChI is InChI=1S/C28H29NO6/c1-27(2,17-30)18-35-24-21(19-10-6-5-7-11-19)16-28(26(32)34-4,23(24)25(31)33-3)29-15-14-20-12-8-9-13-22(20)29/h5-16,30H,17-18H2,1-4H3. The molecule has 1 atom stereocenters. The second-order valence-electron chi connectivity index (χ2n) is 9.23. The van der Waals surface area contributed by atoms with Gasteiger partial charge in [-0.3, -0.25) is 0 Å². The number of nitrogens with zero attached hydrogens (tertiary/aromatic N) is 1. The van der Waals surface area contributed by atoms with E-state index >= 15 is 0 Å². The Morgan fingerprint density at radius 3 is 2.31 bits per heavy atom. The van der Waals surface area contributed by atoms with Gasteiger partial charge < -0.3 is 23.9 Å². The number of para-hydroxylation sites is 1. The largest absolute Gasteiger partial charge is 0.492 e. The van der Waals surface area contributed by atoms with E-state index in [9.17, 15) is 14.7 Å². The van der Waals surface area contributed by atoms with Crippen LogP contribution in [-0.4, -0.2) is 49.0 Å². The van der Waals surface area contributed by atoms with E-state index in [2.05, 4.69) is 0 Å². The van der Waals surface area contributed by atoms with Gasteiger partial charge in [-0.1, -0.05) is 62.4 Å². The Bertz CT molecular complexity index is 1320. The average Bonchev–Trinajstić information content (AvgIpc) is 3.47. The van der Waals surface area contributed by atoms with Crippen LogP contribution in [0.25, 0.3) is 16.5 Å². The summed E-state index contributed by atoms with van der Waals surface area (Å²) in [6.07, 6.45) is 3.46. The van der Waals surface area contributed by atoms with Crippen LogP contribution < -0.4 is 0 Å². The van der Waals surface area contributed by atoms with Crippen LogP contribution in [0.3, 0.4) is 0 Å². The Morgan fingerprint density at radius 2 is 1.66 bits per heavy atom. The third-order valence-corrected chi connectivity index (χ3v) is 6.19. The van der Waals surface area contributed by atoms with E-state index in [1.807, 2.05) is 74.5 Å². The second kappa shape index (κ2) is 9.43. The summed E-state index contributed by atoms with van der Waals surface area (Å²) in [4.78, 5) is 27.1. The van der Waals surface area contributed by atoms with Crippen molar-refractivity contribution in [3.63, 3.8) is 0 Å². The predicted octanol–water partition coefficient (Wildman–Crippen LogP) is 4.07. The lowest BCUT2D eigenvalue weighted by Gasteiger charge is -2.30. The Hall–Kier alpha value is -3.84. The van der Waals surface area contributed by atoms with Gasteiger partial charge in [0.25, 0.3) is 0 Å². The zero-order chi connectivity index (χ0) is 25.2. The molecule has 0 amide bonds. The van der Waals surface area contributed by atoms with Crippen LogP contribution in [0.1, 0.15) is 19.4 Å². The first-order valence-corrected chi connectivity index (χ1v) is 11.3. The maximum Gasteiger partial charge on any atom is 0.341 e. The van der Waals surface area contributed by atoms with Crippen LogP contribution in [0, 0.1) is 5.41 Å². The first-order chi connectivity index (χ1) is 16.8.